The summed E-state index contributed by atoms with van der Waals surface area (Å²) in [5.41, 5.74) is 0. The smallest absolute Gasteiger partial charge is 0.335 e. The number of rotatable bonds is 6. The fraction of sp³-hybridized carbons (Fsp3) is 0.714. The molecule has 0 aromatic carbocycles. The highest BCUT2D eigenvalue weighted by atomic mass is 35.5. The lowest BCUT2D eigenvalue weighted by Gasteiger charge is -2.11. The van der Waals surface area contributed by atoms with E-state index >= 15 is 0 Å². The molecule has 0 aromatic rings. The number of thiol groups is 1. The number of carbonyl (C=O) groups excluding carboxylic acids is 2. The Kier molecular flexibility index (Phi) is 10.3. The van der Waals surface area contributed by atoms with E-state index in [4.69, 9.17) is 0 Å². The lowest BCUT2D eigenvalue weighted by molar-refractivity contribution is -0.157. The molecule has 0 rings (SSSR count). The molecule has 0 saturated heterocycles. The van der Waals surface area contributed by atoms with E-state index in [-0.39, 0.29) is 25.6 Å². The Balaban J connectivity index is 0. The first-order valence-corrected chi connectivity index (χ1v) is 5.44. The third-order valence-electron chi connectivity index (χ3n) is 1.28. The molecular formula is C7H14ClNO6S. The van der Waals surface area contributed by atoms with E-state index in [2.05, 4.69) is 9.47 Å². The van der Waals surface area contributed by atoms with E-state index in [0.717, 1.165) is 0 Å². The Morgan fingerprint density at radius 2 is 1.50 bits per heavy atom. The molecule has 0 saturated carbocycles. The van der Waals surface area contributed by atoms with Crippen LogP contribution in [0.15, 0.2) is 0 Å². The van der Waals surface area contributed by atoms with Gasteiger partial charge in [0, 0.05) is 0 Å². The first kappa shape index (κ1) is 17.5. The summed E-state index contributed by atoms with van der Waals surface area (Å²) in [7, 11) is -3.08. The van der Waals surface area contributed by atoms with Crippen LogP contribution in [0.3, 0.4) is 0 Å². The first-order valence-electron chi connectivity index (χ1n) is 4.26. The summed E-state index contributed by atoms with van der Waals surface area (Å²) in [6, 6.07) is -1.62. The van der Waals surface area contributed by atoms with Gasteiger partial charge in [0.25, 0.3) is 0 Å². The van der Waals surface area contributed by atoms with Gasteiger partial charge < -0.3 is 9.47 Å². The summed E-state index contributed by atoms with van der Waals surface area (Å²) in [5, 5.41) is 0. The third-order valence-corrected chi connectivity index (χ3v) is 1.75. The summed E-state index contributed by atoms with van der Waals surface area (Å²) in [6.07, 6.45) is 0. The second-order valence-corrected chi connectivity index (χ2v) is 3.10. The van der Waals surface area contributed by atoms with Gasteiger partial charge in [-0.2, -0.15) is 4.72 Å². The van der Waals surface area contributed by atoms with Gasteiger partial charge in [-0.05, 0) is 13.8 Å². The van der Waals surface area contributed by atoms with Crippen LogP contribution in [0.5, 0.6) is 0 Å². The molecule has 0 aliphatic carbocycles. The van der Waals surface area contributed by atoms with Crippen molar-refractivity contribution in [2.75, 3.05) is 13.2 Å². The van der Waals surface area contributed by atoms with Crippen molar-refractivity contribution in [3.05, 3.63) is 0 Å². The van der Waals surface area contributed by atoms with Crippen LogP contribution in [0.4, 0.5) is 0 Å². The number of halogens is 1. The van der Waals surface area contributed by atoms with Crippen molar-refractivity contribution < 1.29 is 27.5 Å². The summed E-state index contributed by atoms with van der Waals surface area (Å²) in [6.45, 7) is 3.17. The zero-order valence-corrected chi connectivity index (χ0v) is 10.5. The first-order chi connectivity index (χ1) is 7.02. The molecule has 7 nitrogen and oxygen atoms in total. The zero-order chi connectivity index (χ0) is 11.8. The molecule has 0 unspecified atom stereocenters. The van der Waals surface area contributed by atoms with Gasteiger partial charge >= 0.3 is 11.9 Å². The predicted molar refractivity (Wildman–Crippen MR) is 57.8 cm³/mol. The van der Waals surface area contributed by atoms with Crippen LogP contribution in [0.25, 0.3) is 0 Å². The number of ether oxygens (including phenoxy) is 2. The molecule has 0 amide bonds. The van der Waals surface area contributed by atoms with Gasteiger partial charge in [0.1, 0.15) is 0 Å². The van der Waals surface area contributed by atoms with E-state index in [9.17, 15) is 18.0 Å². The fourth-order valence-electron chi connectivity index (χ4n) is 0.758. The van der Waals surface area contributed by atoms with Crippen molar-refractivity contribution in [2.45, 2.75) is 19.9 Å². The topological polar surface area (TPSA) is 98.8 Å². The van der Waals surface area contributed by atoms with Crippen LogP contribution in [0, 0.1) is 0 Å². The average Bonchev–Trinajstić information content (AvgIpc) is 2.14. The highest BCUT2D eigenvalue weighted by molar-refractivity contribution is 7.70. The molecule has 0 fully saturated rings. The van der Waals surface area contributed by atoms with Crippen LogP contribution >= 0.6 is 12.4 Å². The van der Waals surface area contributed by atoms with Crippen molar-refractivity contribution in [2.24, 2.45) is 0 Å². The van der Waals surface area contributed by atoms with E-state index in [1.165, 1.54) is 13.8 Å². The van der Waals surface area contributed by atoms with Crippen molar-refractivity contribution in [1.82, 2.24) is 4.72 Å². The highest BCUT2D eigenvalue weighted by Crippen LogP contribution is 1.94. The van der Waals surface area contributed by atoms with Gasteiger partial charge in [-0.25, -0.2) is 18.0 Å². The third kappa shape index (κ3) is 6.59. The number of hydrogen-bond donors (Lipinski definition) is 2. The lowest BCUT2D eigenvalue weighted by atomic mass is 10.3. The monoisotopic (exact) mass is 275 g/mol. The maximum Gasteiger partial charge on any atom is 0.335 e. The maximum absolute atomic E-state index is 11.1. The molecular weight excluding hydrogens is 262 g/mol. The Hall–Kier alpha value is -0.860. The Morgan fingerprint density at radius 3 is 1.75 bits per heavy atom. The molecule has 1 N–H and O–H groups in total. The Morgan fingerprint density at radius 1 is 1.12 bits per heavy atom. The normalized spacial score (nSPS) is 9.75. The molecule has 0 aliphatic rings. The van der Waals surface area contributed by atoms with E-state index in [0.29, 0.717) is 0 Å². The minimum absolute atomic E-state index is 0. The largest absolute Gasteiger partial charge is 0.464 e. The SMILES string of the molecule is CCOC(=O)C(N[SH](=O)=O)C(=O)OCC.Cl. The van der Waals surface area contributed by atoms with Crippen molar-refractivity contribution in [3.8, 4) is 0 Å². The zero-order valence-electron chi connectivity index (χ0n) is 8.80. The Labute approximate surface area is 101 Å². The van der Waals surface area contributed by atoms with Gasteiger partial charge in [0.15, 0.2) is 0 Å². The molecule has 0 heterocycles. The van der Waals surface area contributed by atoms with Crippen LogP contribution in [-0.4, -0.2) is 39.6 Å². The average molecular weight is 276 g/mol. The standard InChI is InChI=1S/C7H13NO6S.ClH/c1-3-13-6(9)5(8-15(11)12)7(10)14-4-2;/h5,15H,3-4H2,1-2H3,(H,8,11,12);1H. The second kappa shape index (κ2) is 9.37. The van der Waals surface area contributed by atoms with Crippen LogP contribution < -0.4 is 4.72 Å². The van der Waals surface area contributed by atoms with Gasteiger partial charge in [0.2, 0.25) is 16.9 Å². The minimum atomic E-state index is -3.08. The maximum atomic E-state index is 11.1. The van der Waals surface area contributed by atoms with Gasteiger partial charge in [-0.1, -0.05) is 0 Å². The summed E-state index contributed by atoms with van der Waals surface area (Å²) >= 11 is 0. The predicted octanol–water partition coefficient (Wildman–Crippen LogP) is -0.981. The molecule has 9 heteroatoms. The van der Waals surface area contributed by atoms with Crippen molar-refractivity contribution >= 4 is 35.2 Å². The number of hydrogen-bond acceptors (Lipinski definition) is 6. The van der Waals surface area contributed by atoms with Gasteiger partial charge in [-0.15, -0.1) is 12.4 Å². The molecule has 0 bridgehead atoms. The molecule has 16 heavy (non-hydrogen) atoms. The fourth-order valence-corrected chi connectivity index (χ4v) is 1.18. The molecule has 0 aromatic heterocycles. The lowest BCUT2D eigenvalue weighted by Crippen LogP contribution is -2.44. The van der Waals surface area contributed by atoms with Crippen molar-refractivity contribution in [3.63, 3.8) is 0 Å². The van der Waals surface area contributed by atoms with Gasteiger partial charge in [0.05, 0.1) is 13.2 Å². The van der Waals surface area contributed by atoms with E-state index < -0.39 is 28.9 Å². The minimum Gasteiger partial charge on any atom is -0.464 e. The van der Waals surface area contributed by atoms with Crippen LogP contribution in [0.2, 0.25) is 0 Å². The molecule has 0 aliphatic heterocycles. The van der Waals surface area contributed by atoms with Crippen LogP contribution in [-0.2, 0) is 30.0 Å². The van der Waals surface area contributed by atoms with Crippen LogP contribution in [0.1, 0.15) is 13.8 Å². The molecule has 0 radical (unpaired) electrons. The molecule has 0 atom stereocenters. The summed E-state index contributed by atoms with van der Waals surface area (Å²) < 4.78 is 31.4. The number of carbonyl (C=O) groups is 2. The quantitative estimate of drug-likeness (QED) is 0.367. The van der Waals surface area contributed by atoms with E-state index in [1.54, 1.807) is 4.72 Å². The Bertz CT molecular complexity index is 279. The number of esters is 2. The summed E-state index contributed by atoms with van der Waals surface area (Å²) in [4.78, 5) is 22.3. The highest BCUT2D eigenvalue weighted by Gasteiger charge is 2.29. The number of nitrogens with one attached hydrogen (secondary N) is 1. The van der Waals surface area contributed by atoms with Crippen molar-refractivity contribution in [1.29, 1.82) is 0 Å². The van der Waals surface area contributed by atoms with E-state index in [1.807, 2.05) is 0 Å². The van der Waals surface area contributed by atoms with Gasteiger partial charge in [-0.3, -0.25) is 0 Å². The molecule has 0 spiro atoms. The summed E-state index contributed by atoms with van der Waals surface area (Å²) in [5.74, 6) is -1.95. The molecule has 96 valence electrons. The second-order valence-electron chi connectivity index (χ2n) is 2.32.